The molecule has 2 unspecified atom stereocenters. The van der Waals surface area contributed by atoms with Crippen molar-refractivity contribution < 1.29 is 23.8 Å². The van der Waals surface area contributed by atoms with Crippen LogP contribution in [-0.4, -0.2) is 24.3 Å². The van der Waals surface area contributed by atoms with E-state index in [4.69, 9.17) is 14.2 Å². The molecule has 1 aliphatic rings. The van der Waals surface area contributed by atoms with Gasteiger partial charge in [-0.15, -0.1) is 0 Å². The lowest BCUT2D eigenvalue weighted by atomic mass is 10.3. The third-order valence-electron chi connectivity index (χ3n) is 1.33. The van der Waals surface area contributed by atoms with Gasteiger partial charge in [0.15, 0.2) is 6.10 Å². The highest BCUT2D eigenvalue weighted by molar-refractivity contribution is 5.67. The first-order chi connectivity index (χ1) is 6.09. The Bertz CT molecular complexity index is 245. The summed E-state index contributed by atoms with van der Waals surface area (Å²) in [6.07, 6.45) is 1.36. The maximum absolute atomic E-state index is 10.6. The van der Waals surface area contributed by atoms with Crippen molar-refractivity contribution in [3.05, 3.63) is 12.3 Å². The number of esters is 2. The van der Waals surface area contributed by atoms with Crippen molar-refractivity contribution in [1.29, 1.82) is 0 Å². The number of rotatable bonds is 2. The predicted molar refractivity (Wildman–Crippen MR) is 41.3 cm³/mol. The van der Waals surface area contributed by atoms with E-state index in [1.807, 2.05) is 0 Å². The van der Waals surface area contributed by atoms with Gasteiger partial charge in [-0.3, -0.25) is 9.59 Å². The van der Waals surface area contributed by atoms with Gasteiger partial charge in [0, 0.05) is 13.8 Å². The molecule has 5 nitrogen and oxygen atoms in total. The second-order valence-corrected chi connectivity index (χ2v) is 2.52. The van der Waals surface area contributed by atoms with Crippen LogP contribution in [0.15, 0.2) is 12.3 Å². The highest BCUT2D eigenvalue weighted by Crippen LogP contribution is 2.15. The van der Waals surface area contributed by atoms with Gasteiger partial charge in [-0.1, -0.05) is 0 Å². The molecular formula is C8H10O5. The second-order valence-electron chi connectivity index (χ2n) is 2.52. The maximum atomic E-state index is 10.6. The summed E-state index contributed by atoms with van der Waals surface area (Å²) in [6, 6.07) is 0. The molecule has 0 aromatic rings. The zero-order valence-corrected chi connectivity index (χ0v) is 7.35. The summed E-state index contributed by atoms with van der Waals surface area (Å²) < 4.78 is 14.4. The fourth-order valence-corrected chi connectivity index (χ4v) is 0.913. The van der Waals surface area contributed by atoms with Gasteiger partial charge in [0.25, 0.3) is 6.29 Å². The van der Waals surface area contributed by atoms with E-state index in [1.165, 1.54) is 26.2 Å². The molecule has 0 saturated carbocycles. The van der Waals surface area contributed by atoms with Gasteiger partial charge in [0.05, 0.1) is 6.26 Å². The van der Waals surface area contributed by atoms with Crippen molar-refractivity contribution in [2.75, 3.05) is 0 Å². The molecule has 5 heteroatoms. The van der Waals surface area contributed by atoms with Gasteiger partial charge >= 0.3 is 11.9 Å². The monoisotopic (exact) mass is 186 g/mol. The minimum atomic E-state index is -0.846. The first kappa shape index (κ1) is 9.57. The number of ether oxygens (including phenoxy) is 3. The molecule has 0 radical (unpaired) electrons. The number of carbonyl (C=O) groups is 2. The minimum absolute atomic E-state index is 0.447. The summed E-state index contributed by atoms with van der Waals surface area (Å²) in [5.41, 5.74) is 0. The average molecular weight is 186 g/mol. The molecule has 0 aromatic carbocycles. The molecule has 13 heavy (non-hydrogen) atoms. The van der Waals surface area contributed by atoms with Gasteiger partial charge in [-0.05, 0) is 6.08 Å². The van der Waals surface area contributed by atoms with E-state index in [2.05, 4.69) is 0 Å². The van der Waals surface area contributed by atoms with Crippen LogP contribution in [-0.2, 0) is 23.8 Å². The third kappa shape index (κ3) is 2.77. The smallest absolute Gasteiger partial charge is 0.305 e. The van der Waals surface area contributed by atoms with Crippen molar-refractivity contribution in [2.45, 2.75) is 26.2 Å². The quantitative estimate of drug-likeness (QED) is 0.582. The molecule has 0 N–H and O–H groups in total. The summed E-state index contributed by atoms with van der Waals surface area (Å²) in [7, 11) is 0. The Morgan fingerprint density at radius 1 is 1.23 bits per heavy atom. The molecule has 0 aromatic heterocycles. The molecule has 0 fully saturated rings. The van der Waals surface area contributed by atoms with Crippen LogP contribution in [0.25, 0.3) is 0 Å². The molecule has 0 bridgehead atoms. The minimum Gasteiger partial charge on any atom is -0.459 e. The zero-order chi connectivity index (χ0) is 9.84. The second kappa shape index (κ2) is 3.93. The van der Waals surface area contributed by atoms with E-state index in [0.29, 0.717) is 0 Å². The summed E-state index contributed by atoms with van der Waals surface area (Å²) in [6.45, 7) is 2.53. The lowest BCUT2D eigenvalue weighted by Crippen LogP contribution is -2.30. The maximum Gasteiger partial charge on any atom is 0.305 e. The first-order valence-electron chi connectivity index (χ1n) is 3.76. The van der Waals surface area contributed by atoms with Crippen molar-refractivity contribution >= 4 is 11.9 Å². The van der Waals surface area contributed by atoms with Gasteiger partial charge in [0.2, 0.25) is 0 Å². The van der Waals surface area contributed by atoms with Crippen LogP contribution in [0.5, 0.6) is 0 Å². The van der Waals surface area contributed by atoms with Crippen LogP contribution in [0.4, 0.5) is 0 Å². The predicted octanol–water partition coefficient (Wildman–Crippen LogP) is 0.351. The summed E-state index contributed by atoms with van der Waals surface area (Å²) >= 11 is 0. The van der Waals surface area contributed by atoms with Crippen molar-refractivity contribution in [3.63, 3.8) is 0 Å². The molecule has 72 valence electrons. The molecule has 1 rings (SSSR count). The standard InChI is InChI=1S/C8H10O5/c1-5(9)12-7-3-4-11-8(7)13-6(2)10/h3-4,7-8H,1-2H3. The van der Waals surface area contributed by atoms with Crippen molar-refractivity contribution in [1.82, 2.24) is 0 Å². The molecule has 0 saturated heterocycles. The van der Waals surface area contributed by atoms with E-state index in [-0.39, 0.29) is 0 Å². The van der Waals surface area contributed by atoms with Crippen LogP contribution in [0, 0.1) is 0 Å². The van der Waals surface area contributed by atoms with E-state index >= 15 is 0 Å². The number of carbonyl (C=O) groups excluding carboxylic acids is 2. The Morgan fingerprint density at radius 3 is 2.38 bits per heavy atom. The summed E-state index contributed by atoms with van der Waals surface area (Å²) in [5.74, 6) is -0.928. The van der Waals surface area contributed by atoms with E-state index in [0.717, 1.165) is 0 Å². The van der Waals surface area contributed by atoms with Crippen LogP contribution in [0.3, 0.4) is 0 Å². The Morgan fingerprint density at radius 2 is 1.85 bits per heavy atom. The van der Waals surface area contributed by atoms with E-state index < -0.39 is 24.3 Å². The Balaban J connectivity index is 2.47. The zero-order valence-electron chi connectivity index (χ0n) is 7.35. The van der Waals surface area contributed by atoms with E-state index in [1.54, 1.807) is 0 Å². The molecule has 2 atom stereocenters. The summed E-state index contributed by atoms with van der Waals surface area (Å²) in [5, 5.41) is 0. The Kier molecular flexibility index (Phi) is 2.89. The molecular weight excluding hydrogens is 176 g/mol. The number of hydrogen-bond acceptors (Lipinski definition) is 5. The lowest BCUT2D eigenvalue weighted by Gasteiger charge is -2.17. The molecule has 1 heterocycles. The highest BCUT2D eigenvalue weighted by Gasteiger charge is 2.29. The van der Waals surface area contributed by atoms with Gasteiger partial charge in [-0.2, -0.15) is 0 Å². The summed E-state index contributed by atoms with van der Waals surface area (Å²) in [4.78, 5) is 21.1. The lowest BCUT2D eigenvalue weighted by molar-refractivity contribution is -0.185. The Labute approximate surface area is 75.3 Å². The normalized spacial score (nSPS) is 25.1. The van der Waals surface area contributed by atoms with E-state index in [9.17, 15) is 9.59 Å². The van der Waals surface area contributed by atoms with Crippen LogP contribution < -0.4 is 0 Å². The van der Waals surface area contributed by atoms with Crippen molar-refractivity contribution in [3.8, 4) is 0 Å². The fourth-order valence-electron chi connectivity index (χ4n) is 0.913. The first-order valence-corrected chi connectivity index (χ1v) is 3.76. The van der Waals surface area contributed by atoms with Crippen LogP contribution in [0.1, 0.15) is 13.8 Å². The largest absolute Gasteiger partial charge is 0.459 e. The Hall–Kier alpha value is -1.52. The van der Waals surface area contributed by atoms with Crippen LogP contribution >= 0.6 is 0 Å². The van der Waals surface area contributed by atoms with Gasteiger partial charge in [-0.25, -0.2) is 0 Å². The molecule has 0 aliphatic carbocycles. The molecule has 1 aliphatic heterocycles. The highest BCUT2D eigenvalue weighted by atomic mass is 16.7. The fraction of sp³-hybridized carbons (Fsp3) is 0.500. The molecule has 0 spiro atoms. The van der Waals surface area contributed by atoms with Gasteiger partial charge < -0.3 is 14.2 Å². The topological polar surface area (TPSA) is 61.8 Å². The van der Waals surface area contributed by atoms with Crippen molar-refractivity contribution in [2.24, 2.45) is 0 Å². The third-order valence-corrected chi connectivity index (χ3v) is 1.33. The average Bonchev–Trinajstić information content (AvgIpc) is 2.34. The molecule has 0 amide bonds. The SMILES string of the molecule is CC(=O)OC1C=COC1OC(C)=O. The number of hydrogen-bond donors (Lipinski definition) is 0. The van der Waals surface area contributed by atoms with Crippen LogP contribution in [0.2, 0.25) is 0 Å². The van der Waals surface area contributed by atoms with Gasteiger partial charge in [0.1, 0.15) is 0 Å².